The van der Waals surface area contributed by atoms with E-state index in [-0.39, 0.29) is 29.9 Å². The molecular weight excluding hydrogens is 575 g/mol. The lowest BCUT2D eigenvalue weighted by Gasteiger charge is -2.22. The predicted octanol–water partition coefficient (Wildman–Crippen LogP) is 6.67. The van der Waals surface area contributed by atoms with Crippen molar-refractivity contribution >= 4 is 40.0 Å². The summed E-state index contributed by atoms with van der Waals surface area (Å²) in [6, 6.07) is 17.1. The SMILES string of the molecule is [C-]#[N+]c1cccc2cc(C(=O)N(CC(=O)Nc3ccc(Oc4ccc(C(F)(F)F)cc4)cc3)CC(=O)NC3CCCC3)[nH]c12. The van der Waals surface area contributed by atoms with Crippen LogP contribution in [0.4, 0.5) is 24.5 Å². The number of carbonyl (C=O) groups is 3. The molecule has 1 aliphatic carbocycles. The minimum Gasteiger partial charge on any atom is -0.457 e. The molecule has 0 atom stereocenters. The molecule has 44 heavy (non-hydrogen) atoms. The van der Waals surface area contributed by atoms with E-state index in [1.54, 1.807) is 36.4 Å². The lowest BCUT2D eigenvalue weighted by Crippen LogP contribution is -2.46. The fourth-order valence-corrected chi connectivity index (χ4v) is 5.06. The van der Waals surface area contributed by atoms with E-state index in [2.05, 4.69) is 20.5 Å². The molecule has 1 fully saturated rings. The Labute approximate surface area is 250 Å². The number of aromatic amines is 1. The van der Waals surface area contributed by atoms with E-state index in [1.807, 2.05) is 0 Å². The molecule has 1 saturated carbocycles. The quantitative estimate of drug-likeness (QED) is 0.186. The summed E-state index contributed by atoms with van der Waals surface area (Å²) < 4.78 is 44.0. The van der Waals surface area contributed by atoms with E-state index in [1.165, 1.54) is 24.3 Å². The number of hydrogen-bond donors (Lipinski definition) is 3. The zero-order chi connectivity index (χ0) is 31.3. The first kappa shape index (κ1) is 30.2. The summed E-state index contributed by atoms with van der Waals surface area (Å²) in [6.07, 6.45) is -0.693. The van der Waals surface area contributed by atoms with Crippen molar-refractivity contribution in [3.8, 4) is 11.5 Å². The van der Waals surface area contributed by atoms with Crippen molar-refractivity contribution in [1.29, 1.82) is 0 Å². The number of hydrogen-bond acceptors (Lipinski definition) is 4. The molecule has 1 heterocycles. The number of nitrogens with one attached hydrogen (secondary N) is 3. The Bertz CT molecular complexity index is 1700. The highest BCUT2D eigenvalue weighted by Crippen LogP contribution is 2.32. The summed E-state index contributed by atoms with van der Waals surface area (Å²) in [5, 5.41) is 6.28. The fourth-order valence-electron chi connectivity index (χ4n) is 5.06. The molecule has 0 spiro atoms. The number of nitrogens with zero attached hydrogens (tertiary/aromatic N) is 2. The number of carbonyl (C=O) groups excluding carboxylic acids is 3. The highest BCUT2D eigenvalue weighted by atomic mass is 19.4. The number of rotatable bonds is 9. The minimum absolute atomic E-state index is 0.0332. The van der Waals surface area contributed by atoms with Crippen molar-refractivity contribution < 1.29 is 32.3 Å². The molecule has 226 valence electrons. The lowest BCUT2D eigenvalue weighted by atomic mass is 10.2. The van der Waals surface area contributed by atoms with Crippen LogP contribution in [0.15, 0.2) is 72.8 Å². The van der Waals surface area contributed by atoms with Crippen molar-refractivity contribution in [3.63, 3.8) is 0 Å². The van der Waals surface area contributed by atoms with Gasteiger partial charge in [0.25, 0.3) is 5.91 Å². The number of H-pyrrole nitrogens is 1. The standard InChI is InChI=1S/C32H28F3N5O4/c1-36-26-8-4-5-20-17-27(39-30(20)26)31(43)40(18-28(41)37-22-6-2-3-7-22)19-29(42)38-23-11-15-25(16-12-23)44-24-13-9-21(10-14-24)32(33,34)35/h4-5,8-17,22,39H,2-3,6-7,18-19H2,(H,37,41)(H,38,42). The minimum atomic E-state index is -4.45. The number of aromatic nitrogens is 1. The summed E-state index contributed by atoms with van der Waals surface area (Å²) in [7, 11) is 0. The van der Waals surface area contributed by atoms with Crippen molar-refractivity contribution in [1.82, 2.24) is 15.2 Å². The normalized spacial score (nSPS) is 13.3. The van der Waals surface area contributed by atoms with Gasteiger partial charge >= 0.3 is 6.18 Å². The Morgan fingerprint density at radius 3 is 2.20 bits per heavy atom. The predicted molar refractivity (Wildman–Crippen MR) is 157 cm³/mol. The zero-order valence-electron chi connectivity index (χ0n) is 23.4. The van der Waals surface area contributed by atoms with Crippen LogP contribution >= 0.6 is 0 Å². The Kier molecular flexibility index (Phi) is 8.85. The summed E-state index contributed by atoms with van der Waals surface area (Å²) in [5.74, 6) is -0.961. The number of fused-ring (bicyclic) bond motifs is 1. The molecule has 0 saturated heterocycles. The molecule has 12 heteroatoms. The second kappa shape index (κ2) is 12.9. The molecule has 1 aliphatic rings. The van der Waals surface area contributed by atoms with Gasteiger partial charge in [0.15, 0.2) is 0 Å². The Balaban J connectivity index is 1.26. The van der Waals surface area contributed by atoms with E-state index < -0.39 is 30.1 Å². The van der Waals surface area contributed by atoms with Crippen LogP contribution in [-0.2, 0) is 15.8 Å². The summed E-state index contributed by atoms with van der Waals surface area (Å²) in [4.78, 5) is 47.0. The van der Waals surface area contributed by atoms with E-state index in [0.29, 0.717) is 28.0 Å². The van der Waals surface area contributed by atoms with Crippen LogP contribution in [0.2, 0.25) is 0 Å². The van der Waals surface area contributed by atoms with Gasteiger partial charge in [-0.15, -0.1) is 0 Å². The molecule has 0 radical (unpaired) electrons. The number of halogens is 3. The second-order valence-electron chi connectivity index (χ2n) is 10.4. The topological polar surface area (TPSA) is 108 Å². The smallest absolute Gasteiger partial charge is 0.416 e. The molecule has 0 unspecified atom stereocenters. The molecule has 3 amide bonds. The number of anilines is 1. The van der Waals surface area contributed by atoms with E-state index in [4.69, 9.17) is 11.3 Å². The molecule has 1 aromatic heterocycles. The summed E-state index contributed by atoms with van der Waals surface area (Å²) >= 11 is 0. The zero-order valence-corrected chi connectivity index (χ0v) is 23.4. The highest BCUT2D eigenvalue weighted by Gasteiger charge is 2.30. The van der Waals surface area contributed by atoms with Gasteiger partial charge in [0.1, 0.15) is 30.3 Å². The maximum atomic E-state index is 13.5. The van der Waals surface area contributed by atoms with Crippen LogP contribution in [0.1, 0.15) is 41.7 Å². The van der Waals surface area contributed by atoms with Gasteiger partial charge in [0.05, 0.1) is 17.7 Å². The molecule has 4 aromatic rings. The Morgan fingerprint density at radius 2 is 1.57 bits per heavy atom. The van der Waals surface area contributed by atoms with Gasteiger partial charge < -0.3 is 25.3 Å². The number of amides is 3. The van der Waals surface area contributed by atoms with E-state index in [0.717, 1.165) is 42.7 Å². The third-order valence-corrected chi connectivity index (χ3v) is 7.22. The van der Waals surface area contributed by atoms with Gasteiger partial charge in [0, 0.05) is 11.7 Å². The van der Waals surface area contributed by atoms with Crippen molar-refractivity contribution in [3.05, 3.63) is 95.5 Å². The molecule has 0 bridgehead atoms. The van der Waals surface area contributed by atoms with Crippen molar-refractivity contribution in [2.45, 2.75) is 37.9 Å². The molecule has 5 rings (SSSR count). The number of ether oxygens (including phenoxy) is 1. The second-order valence-corrected chi connectivity index (χ2v) is 10.4. The van der Waals surface area contributed by atoms with Gasteiger partial charge in [-0.05, 0) is 72.8 Å². The summed E-state index contributed by atoms with van der Waals surface area (Å²) in [5.41, 5.74) is 0.566. The van der Waals surface area contributed by atoms with Crippen LogP contribution in [0, 0.1) is 6.57 Å². The molecule has 3 N–H and O–H groups in total. The van der Waals surface area contributed by atoms with E-state index >= 15 is 0 Å². The van der Waals surface area contributed by atoms with Crippen LogP contribution in [0.5, 0.6) is 11.5 Å². The van der Waals surface area contributed by atoms with Crippen molar-refractivity contribution in [2.24, 2.45) is 0 Å². The van der Waals surface area contributed by atoms with Crippen molar-refractivity contribution in [2.75, 3.05) is 18.4 Å². The lowest BCUT2D eigenvalue weighted by molar-refractivity contribution is -0.137. The maximum Gasteiger partial charge on any atom is 0.416 e. The monoisotopic (exact) mass is 603 g/mol. The van der Waals surface area contributed by atoms with Gasteiger partial charge in [-0.2, -0.15) is 13.2 Å². The maximum absolute atomic E-state index is 13.5. The van der Waals surface area contributed by atoms with Gasteiger partial charge in [-0.25, -0.2) is 4.85 Å². The van der Waals surface area contributed by atoms with E-state index in [9.17, 15) is 27.6 Å². The first-order chi connectivity index (χ1) is 21.1. The average molecular weight is 604 g/mol. The highest BCUT2D eigenvalue weighted by molar-refractivity contribution is 6.04. The van der Waals surface area contributed by atoms with Gasteiger partial charge in [0.2, 0.25) is 17.5 Å². The van der Waals surface area contributed by atoms with Gasteiger partial charge in [-0.3, -0.25) is 14.4 Å². The fraction of sp³-hybridized carbons (Fsp3) is 0.250. The third-order valence-electron chi connectivity index (χ3n) is 7.22. The number of para-hydroxylation sites is 1. The molecule has 3 aromatic carbocycles. The Morgan fingerprint density at radius 1 is 0.932 bits per heavy atom. The first-order valence-electron chi connectivity index (χ1n) is 13.9. The van der Waals surface area contributed by atoms with Crippen LogP contribution in [-0.4, -0.2) is 46.7 Å². The average Bonchev–Trinajstić information content (AvgIpc) is 3.67. The van der Waals surface area contributed by atoms with Crippen LogP contribution < -0.4 is 15.4 Å². The summed E-state index contributed by atoms with van der Waals surface area (Å²) in [6.45, 7) is 6.62. The Hall–Kier alpha value is -5.31. The van der Waals surface area contributed by atoms with Crippen LogP contribution in [0.25, 0.3) is 15.7 Å². The van der Waals surface area contributed by atoms with Gasteiger partial charge in [-0.1, -0.05) is 31.0 Å². The molecular formula is C32H28F3N5O4. The molecule has 0 aliphatic heterocycles. The number of benzene rings is 3. The first-order valence-corrected chi connectivity index (χ1v) is 13.9. The third kappa shape index (κ3) is 7.36. The molecule has 9 nitrogen and oxygen atoms in total. The number of alkyl halides is 3. The largest absolute Gasteiger partial charge is 0.457 e. The van der Waals surface area contributed by atoms with Crippen LogP contribution in [0.3, 0.4) is 0 Å².